The van der Waals surface area contributed by atoms with Crippen molar-refractivity contribution in [3.8, 4) is 0 Å². The molecule has 5 heteroatoms. The number of nitrogens with one attached hydrogen (secondary N) is 1. The van der Waals surface area contributed by atoms with Gasteiger partial charge in [-0.2, -0.15) is 0 Å². The number of amides is 1. The van der Waals surface area contributed by atoms with Gasteiger partial charge in [-0.1, -0.05) is 42.5 Å². The summed E-state index contributed by atoms with van der Waals surface area (Å²) >= 11 is 0. The lowest BCUT2D eigenvalue weighted by Gasteiger charge is -2.07. The van der Waals surface area contributed by atoms with Crippen molar-refractivity contribution in [2.45, 2.75) is 19.6 Å². The molecule has 2 aromatic carbocycles. The molecule has 23 heavy (non-hydrogen) atoms. The molecule has 3 rings (SSSR count). The van der Waals surface area contributed by atoms with Crippen LogP contribution in [-0.2, 0) is 29.1 Å². The Morgan fingerprint density at radius 2 is 1.96 bits per heavy atom. The van der Waals surface area contributed by atoms with Crippen LogP contribution in [0.4, 0.5) is 4.79 Å². The van der Waals surface area contributed by atoms with Gasteiger partial charge in [0.15, 0.2) is 0 Å². The number of carbonyl (C=O) groups excluding carboxylic acids is 2. The van der Waals surface area contributed by atoms with Crippen LogP contribution >= 0.6 is 0 Å². The highest BCUT2D eigenvalue weighted by Gasteiger charge is 2.20. The van der Waals surface area contributed by atoms with Gasteiger partial charge in [0.05, 0.1) is 5.56 Å². The Kier molecular flexibility index (Phi) is 4.57. The van der Waals surface area contributed by atoms with Crippen molar-refractivity contribution in [2.75, 3.05) is 6.54 Å². The fourth-order valence-corrected chi connectivity index (χ4v) is 2.43. The standard InChI is InChI=1S/C18H17NO4/c20-17-16-7-6-13(10-15(16)12-22-17)8-9-19-18(21)23-11-14-4-2-1-3-5-14/h1-7,10H,8-9,11-12H2,(H,19,21). The first-order valence-electron chi connectivity index (χ1n) is 7.46. The number of fused-ring (bicyclic) bond motifs is 1. The van der Waals surface area contributed by atoms with Gasteiger partial charge in [0.25, 0.3) is 0 Å². The average molecular weight is 311 g/mol. The summed E-state index contributed by atoms with van der Waals surface area (Å²) in [5.41, 5.74) is 3.53. The Labute approximate surface area is 134 Å². The summed E-state index contributed by atoms with van der Waals surface area (Å²) in [5, 5.41) is 2.72. The van der Waals surface area contributed by atoms with Crippen LogP contribution in [0.1, 0.15) is 27.0 Å². The molecule has 1 aliphatic heterocycles. The molecular formula is C18H17NO4. The number of hydrogen-bond donors (Lipinski definition) is 1. The number of carbonyl (C=O) groups is 2. The minimum atomic E-state index is -0.437. The molecule has 0 bridgehead atoms. The van der Waals surface area contributed by atoms with Crippen LogP contribution in [0, 0.1) is 0 Å². The summed E-state index contributed by atoms with van der Waals surface area (Å²) in [6, 6.07) is 15.1. The highest BCUT2D eigenvalue weighted by atomic mass is 16.5. The van der Waals surface area contributed by atoms with Gasteiger partial charge in [0, 0.05) is 12.1 Å². The Bertz CT molecular complexity index is 712. The number of alkyl carbamates (subject to hydrolysis) is 1. The molecule has 0 saturated heterocycles. The second-order valence-corrected chi connectivity index (χ2v) is 5.31. The molecule has 0 saturated carbocycles. The van der Waals surface area contributed by atoms with E-state index in [1.807, 2.05) is 42.5 Å². The Morgan fingerprint density at radius 1 is 1.13 bits per heavy atom. The van der Waals surface area contributed by atoms with Gasteiger partial charge in [0.1, 0.15) is 13.2 Å². The number of hydrogen-bond acceptors (Lipinski definition) is 4. The lowest BCUT2D eigenvalue weighted by Crippen LogP contribution is -2.26. The van der Waals surface area contributed by atoms with Crippen molar-refractivity contribution in [1.29, 1.82) is 0 Å². The number of ether oxygens (including phenoxy) is 2. The third kappa shape index (κ3) is 3.88. The second kappa shape index (κ2) is 6.96. The summed E-state index contributed by atoms with van der Waals surface area (Å²) in [5.74, 6) is -0.269. The van der Waals surface area contributed by atoms with Crippen LogP contribution in [0.3, 0.4) is 0 Å². The number of benzene rings is 2. The van der Waals surface area contributed by atoms with Crippen LogP contribution < -0.4 is 5.32 Å². The van der Waals surface area contributed by atoms with E-state index in [-0.39, 0.29) is 12.6 Å². The van der Waals surface area contributed by atoms with Crippen LogP contribution in [0.2, 0.25) is 0 Å². The van der Waals surface area contributed by atoms with Crippen LogP contribution in [-0.4, -0.2) is 18.6 Å². The Morgan fingerprint density at radius 3 is 2.78 bits per heavy atom. The van der Waals surface area contributed by atoms with Gasteiger partial charge in [-0.3, -0.25) is 0 Å². The first-order chi connectivity index (χ1) is 11.2. The topological polar surface area (TPSA) is 64.6 Å². The lowest BCUT2D eigenvalue weighted by atomic mass is 10.0. The zero-order valence-corrected chi connectivity index (χ0v) is 12.6. The van der Waals surface area contributed by atoms with Crippen molar-refractivity contribution < 1.29 is 19.1 Å². The van der Waals surface area contributed by atoms with E-state index in [1.54, 1.807) is 6.07 Å². The van der Waals surface area contributed by atoms with Gasteiger partial charge in [-0.15, -0.1) is 0 Å². The van der Waals surface area contributed by atoms with E-state index in [9.17, 15) is 9.59 Å². The van der Waals surface area contributed by atoms with Crippen LogP contribution in [0.25, 0.3) is 0 Å². The predicted octanol–water partition coefficient (Wildman–Crippen LogP) is 2.83. The number of cyclic esters (lactones) is 1. The third-order valence-electron chi connectivity index (χ3n) is 3.64. The second-order valence-electron chi connectivity index (χ2n) is 5.31. The molecule has 1 N–H and O–H groups in total. The van der Waals surface area contributed by atoms with E-state index < -0.39 is 6.09 Å². The molecule has 0 radical (unpaired) electrons. The summed E-state index contributed by atoms with van der Waals surface area (Å²) in [4.78, 5) is 23.0. The first kappa shape index (κ1) is 15.1. The smallest absolute Gasteiger partial charge is 0.407 e. The lowest BCUT2D eigenvalue weighted by molar-refractivity contribution is 0.0535. The van der Waals surface area contributed by atoms with E-state index >= 15 is 0 Å². The van der Waals surface area contributed by atoms with Crippen molar-refractivity contribution in [3.63, 3.8) is 0 Å². The third-order valence-corrected chi connectivity index (χ3v) is 3.64. The Hall–Kier alpha value is -2.82. The molecule has 1 aliphatic rings. The van der Waals surface area contributed by atoms with Gasteiger partial charge in [-0.05, 0) is 23.6 Å². The summed E-state index contributed by atoms with van der Waals surface area (Å²) in [6.45, 7) is 1.06. The molecule has 0 aliphatic carbocycles. The minimum Gasteiger partial charge on any atom is -0.457 e. The molecular weight excluding hydrogens is 294 g/mol. The number of esters is 1. The molecule has 0 aromatic heterocycles. The summed E-state index contributed by atoms with van der Waals surface area (Å²) in [6.07, 6.45) is 0.232. The maximum absolute atomic E-state index is 11.6. The zero-order valence-electron chi connectivity index (χ0n) is 12.6. The monoisotopic (exact) mass is 311 g/mol. The van der Waals surface area contributed by atoms with E-state index in [1.165, 1.54) is 0 Å². The molecule has 118 valence electrons. The van der Waals surface area contributed by atoms with E-state index in [4.69, 9.17) is 9.47 Å². The van der Waals surface area contributed by atoms with Crippen molar-refractivity contribution >= 4 is 12.1 Å². The van der Waals surface area contributed by atoms with Gasteiger partial charge in [0.2, 0.25) is 0 Å². The fourth-order valence-electron chi connectivity index (χ4n) is 2.43. The Balaban J connectivity index is 1.43. The predicted molar refractivity (Wildman–Crippen MR) is 83.9 cm³/mol. The van der Waals surface area contributed by atoms with Gasteiger partial charge in [-0.25, -0.2) is 9.59 Å². The SMILES string of the molecule is O=C(NCCc1ccc2c(c1)COC2=O)OCc1ccccc1. The molecule has 1 heterocycles. The molecule has 0 spiro atoms. The molecule has 0 atom stereocenters. The van der Waals surface area contributed by atoms with E-state index in [2.05, 4.69) is 5.32 Å². The van der Waals surface area contributed by atoms with Gasteiger partial charge < -0.3 is 14.8 Å². The maximum Gasteiger partial charge on any atom is 0.407 e. The molecule has 0 fully saturated rings. The van der Waals surface area contributed by atoms with Gasteiger partial charge >= 0.3 is 12.1 Å². The highest BCUT2D eigenvalue weighted by molar-refractivity contribution is 5.93. The fraction of sp³-hybridized carbons (Fsp3) is 0.222. The molecule has 0 unspecified atom stereocenters. The number of rotatable bonds is 5. The largest absolute Gasteiger partial charge is 0.457 e. The quantitative estimate of drug-likeness (QED) is 0.862. The summed E-state index contributed by atoms with van der Waals surface area (Å²) in [7, 11) is 0. The van der Waals surface area contributed by atoms with E-state index in [0.29, 0.717) is 25.1 Å². The van der Waals surface area contributed by atoms with Crippen molar-refractivity contribution in [3.05, 3.63) is 70.8 Å². The van der Waals surface area contributed by atoms with Crippen LogP contribution in [0.5, 0.6) is 0 Å². The summed E-state index contributed by atoms with van der Waals surface area (Å²) < 4.78 is 10.1. The van der Waals surface area contributed by atoms with Crippen molar-refractivity contribution in [2.24, 2.45) is 0 Å². The zero-order chi connectivity index (χ0) is 16.1. The average Bonchev–Trinajstić information content (AvgIpc) is 2.95. The molecule has 5 nitrogen and oxygen atoms in total. The normalized spacial score (nSPS) is 12.4. The van der Waals surface area contributed by atoms with Crippen molar-refractivity contribution in [1.82, 2.24) is 5.32 Å². The van der Waals surface area contributed by atoms with E-state index in [0.717, 1.165) is 16.7 Å². The minimum absolute atomic E-state index is 0.255. The molecule has 1 amide bonds. The maximum atomic E-state index is 11.6. The first-order valence-corrected chi connectivity index (χ1v) is 7.46. The van der Waals surface area contributed by atoms with Crippen LogP contribution in [0.15, 0.2) is 48.5 Å². The highest BCUT2D eigenvalue weighted by Crippen LogP contribution is 2.21. The molecule has 2 aromatic rings.